The smallest absolute Gasteiger partial charge is 0.171 e. The summed E-state index contributed by atoms with van der Waals surface area (Å²) in [7, 11) is -3.18. The quantitative estimate of drug-likeness (QED) is 0.102. The Morgan fingerprint density at radius 2 is 0.895 bits per heavy atom. The molecule has 0 radical (unpaired) electrons. The third kappa shape index (κ3) is 4.86. The number of para-hydroxylation sites is 2. The van der Waals surface area contributed by atoms with Crippen molar-refractivity contribution < 1.29 is 4.57 Å². The maximum Gasteiger partial charge on any atom is 0.171 e. The van der Waals surface area contributed by atoms with Crippen LogP contribution in [0.1, 0.15) is 0 Å². The van der Waals surface area contributed by atoms with Gasteiger partial charge >= 0.3 is 0 Å². The second kappa shape index (κ2) is 12.2. The highest BCUT2D eigenvalue weighted by Gasteiger charge is 2.30. The van der Waals surface area contributed by atoms with Gasteiger partial charge in [-0.3, -0.25) is 4.40 Å². The molecule has 0 bridgehead atoms. The molecule has 3 nitrogen and oxygen atoms in total. The van der Waals surface area contributed by atoms with Gasteiger partial charge in [0.15, 0.2) is 7.14 Å². The molecule has 4 heteroatoms. The molecule has 0 N–H and O–H groups in total. The van der Waals surface area contributed by atoms with Gasteiger partial charge in [-0.2, -0.15) is 0 Å². The average molecular weight is 745 g/mol. The first kappa shape index (κ1) is 32.2. The summed E-state index contributed by atoms with van der Waals surface area (Å²) in [5.74, 6) is 0. The maximum atomic E-state index is 15.5. The van der Waals surface area contributed by atoms with Gasteiger partial charge in [0.25, 0.3) is 0 Å². The van der Waals surface area contributed by atoms with E-state index in [1.165, 1.54) is 26.9 Å². The van der Waals surface area contributed by atoms with Crippen LogP contribution in [0.5, 0.6) is 0 Å². The number of imidazole rings is 1. The van der Waals surface area contributed by atoms with Crippen LogP contribution in [-0.2, 0) is 4.57 Å². The Kier molecular flexibility index (Phi) is 6.90. The molecular weight excluding hydrogens is 712 g/mol. The monoisotopic (exact) mass is 744 g/mol. The third-order valence-corrected chi connectivity index (χ3v) is 15.0. The van der Waals surface area contributed by atoms with E-state index >= 15 is 4.57 Å². The first-order chi connectivity index (χ1) is 28.1. The Labute approximate surface area is 328 Å². The van der Waals surface area contributed by atoms with Gasteiger partial charge in [0.2, 0.25) is 0 Å². The molecule has 0 saturated carbocycles. The van der Waals surface area contributed by atoms with Gasteiger partial charge in [-0.15, -0.1) is 0 Å². The van der Waals surface area contributed by atoms with Gasteiger partial charge < -0.3 is 4.57 Å². The summed E-state index contributed by atoms with van der Waals surface area (Å²) in [4.78, 5) is 5.19. The predicted molar refractivity (Wildman–Crippen MR) is 243 cm³/mol. The molecule has 0 spiro atoms. The predicted octanol–water partition coefficient (Wildman–Crippen LogP) is 12.7. The number of benzene rings is 10. The van der Waals surface area contributed by atoms with Crippen LogP contribution >= 0.6 is 7.14 Å². The van der Waals surface area contributed by atoms with Crippen LogP contribution in [0.2, 0.25) is 0 Å². The van der Waals surface area contributed by atoms with Gasteiger partial charge in [-0.25, -0.2) is 4.98 Å². The van der Waals surface area contributed by atoms with Gasteiger partial charge in [-0.05, 0) is 108 Å². The molecule has 1 atom stereocenters. The minimum Gasteiger partial charge on any atom is -0.309 e. The summed E-state index contributed by atoms with van der Waals surface area (Å²) in [6, 6.07) is 70.5. The number of aromatic nitrogens is 2. The highest BCUT2D eigenvalue weighted by atomic mass is 31.2. The van der Waals surface area contributed by atoms with Crippen molar-refractivity contribution in [3.8, 4) is 11.1 Å². The number of hydrogen-bond acceptors (Lipinski definition) is 2. The Balaban J connectivity index is 1.01. The molecule has 0 aliphatic carbocycles. The Morgan fingerprint density at radius 1 is 0.351 bits per heavy atom. The van der Waals surface area contributed by atoms with E-state index in [-0.39, 0.29) is 0 Å². The Bertz CT molecular complexity index is 3680. The zero-order valence-corrected chi connectivity index (χ0v) is 31.7. The molecule has 12 rings (SSSR count). The van der Waals surface area contributed by atoms with E-state index in [1.807, 2.05) is 48.5 Å². The van der Waals surface area contributed by atoms with Crippen LogP contribution in [0.3, 0.4) is 0 Å². The van der Waals surface area contributed by atoms with Crippen molar-refractivity contribution >= 4 is 105 Å². The van der Waals surface area contributed by atoms with Crippen molar-refractivity contribution in [2.75, 3.05) is 0 Å². The topological polar surface area (TPSA) is 34.4 Å². The van der Waals surface area contributed by atoms with Crippen LogP contribution in [0.15, 0.2) is 200 Å². The van der Waals surface area contributed by atoms with Crippen molar-refractivity contribution in [2.24, 2.45) is 0 Å². The van der Waals surface area contributed by atoms with Gasteiger partial charge in [0.05, 0.1) is 16.6 Å². The fourth-order valence-electron chi connectivity index (χ4n) is 9.11. The molecule has 1 unspecified atom stereocenters. The molecule has 2 aromatic heterocycles. The molecule has 2 heterocycles. The van der Waals surface area contributed by atoms with Crippen molar-refractivity contribution in [1.82, 2.24) is 9.38 Å². The fraction of sp³-hybridized carbons (Fsp3) is 0. The summed E-state index contributed by atoms with van der Waals surface area (Å²) in [5, 5.41) is 15.3. The Morgan fingerprint density at radius 3 is 1.67 bits per heavy atom. The summed E-state index contributed by atoms with van der Waals surface area (Å²) in [5.41, 5.74) is 6.51. The van der Waals surface area contributed by atoms with Crippen molar-refractivity contribution in [1.29, 1.82) is 0 Å². The SMILES string of the molecule is O=P(c1ccccc1)(c1ccc2ccccc2c1)c1ccc2c(ccc3cc(-c4ccc5c6cc7ccccc7cc6c6nc7ccccc7n6c5c4)ccc32)c1. The number of hydrogen-bond donors (Lipinski definition) is 0. The molecule has 10 aromatic carbocycles. The average Bonchev–Trinajstić information content (AvgIpc) is 3.68. The zero-order chi connectivity index (χ0) is 37.7. The van der Waals surface area contributed by atoms with Gasteiger partial charge in [0, 0.05) is 26.7 Å². The number of nitrogens with zero attached hydrogens (tertiary/aromatic N) is 2. The minimum absolute atomic E-state index is 0.836. The van der Waals surface area contributed by atoms with E-state index in [4.69, 9.17) is 4.98 Å². The molecule has 12 aromatic rings. The van der Waals surface area contributed by atoms with Gasteiger partial charge in [0.1, 0.15) is 5.65 Å². The lowest BCUT2D eigenvalue weighted by molar-refractivity contribution is 0.592. The van der Waals surface area contributed by atoms with Crippen molar-refractivity contribution in [3.63, 3.8) is 0 Å². The highest BCUT2D eigenvalue weighted by Crippen LogP contribution is 2.44. The molecule has 0 aliphatic rings. The van der Waals surface area contributed by atoms with Crippen molar-refractivity contribution in [2.45, 2.75) is 0 Å². The normalized spacial score (nSPS) is 13.1. The van der Waals surface area contributed by atoms with Crippen molar-refractivity contribution in [3.05, 3.63) is 200 Å². The number of rotatable bonds is 4. The molecule has 0 aliphatic heterocycles. The van der Waals surface area contributed by atoms with Crippen LogP contribution in [0.25, 0.3) is 92.6 Å². The molecule has 0 amide bonds. The van der Waals surface area contributed by atoms with Crippen LogP contribution in [0, 0.1) is 0 Å². The second-order valence-electron chi connectivity index (χ2n) is 15.1. The lowest BCUT2D eigenvalue weighted by Crippen LogP contribution is -2.25. The summed E-state index contributed by atoms with van der Waals surface area (Å²) < 4.78 is 17.9. The van der Waals surface area contributed by atoms with E-state index in [2.05, 4.69) is 156 Å². The zero-order valence-electron chi connectivity index (χ0n) is 30.8. The van der Waals surface area contributed by atoms with E-state index in [1.54, 1.807) is 0 Å². The largest absolute Gasteiger partial charge is 0.309 e. The highest BCUT2D eigenvalue weighted by molar-refractivity contribution is 7.85. The lowest BCUT2D eigenvalue weighted by atomic mass is 9.95. The summed E-state index contributed by atoms with van der Waals surface area (Å²) >= 11 is 0. The van der Waals surface area contributed by atoms with E-state index in [0.29, 0.717) is 0 Å². The molecule has 57 heavy (non-hydrogen) atoms. The van der Waals surface area contributed by atoms with Crippen LogP contribution in [-0.4, -0.2) is 9.38 Å². The molecule has 0 fully saturated rings. The van der Waals surface area contributed by atoms with Crippen LogP contribution in [0.4, 0.5) is 0 Å². The Hall–Kier alpha value is -7.06. The summed E-state index contributed by atoms with van der Waals surface area (Å²) in [6.07, 6.45) is 0. The number of fused-ring (bicyclic) bond motifs is 13. The molecular formula is C53H33N2OP. The molecule has 0 saturated heterocycles. The first-order valence-electron chi connectivity index (χ1n) is 19.4. The third-order valence-electron chi connectivity index (χ3n) is 11.9. The van der Waals surface area contributed by atoms with Crippen LogP contribution < -0.4 is 15.9 Å². The summed E-state index contributed by atoms with van der Waals surface area (Å²) in [6.45, 7) is 0. The maximum absolute atomic E-state index is 15.5. The second-order valence-corrected chi connectivity index (χ2v) is 17.9. The fourth-order valence-corrected chi connectivity index (χ4v) is 11.8. The molecule has 266 valence electrons. The van der Waals surface area contributed by atoms with Gasteiger partial charge in [-0.1, -0.05) is 152 Å². The minimum atomic E-state index is -3.18. The first-order valence-corrected chi connectivity index (χ1v) is 21.1. The lowest BCUT2D eigenvalue weighted by Gasteiger charge is -2.21. The standard InChI is InChI=1S/C53H33N2OP/c56-57(42-14-2-1-3-15-42,43-23-20-34-10-4-5-11-35(34)29-43)44-24-27-46-41(30-44)19-18-40-28-38(21-25-45(40)46)39-22-26-47-48-31-36-12-6-7-13-37(36)32-49(48)53-54-50-16-8-9-17-51(50)55(53)52(47)33-39/h1-33H. The number of pyridine rings is 1. The van der Waals surface area contributed by atoms with E-state index in [9.17, 15) is 0 Å². The van der Waals surface area contributed by atoms with E-state index < -0.39 is 7.14 Å². The van der Waals surface area contributed by atoms with E-state index in [0.717, 1.165) is 81.6 Å².